The Morgan fingerprint density at radius 2 is 2.08 bits per heavy atom. The van der Waals surface area contributed by atoms with Crippen LogP contribution in [0.3, 0.4) is 0 Å². The normalized spacial score (nSPS) is 15.9. The number of nitro groups is 1. The van der Waals surface area contributed by atoms with E-state index in [-0.39, 0.29) is 11.6 Å². The number of nitrogens with zero attached hydrogens (tertiary/aromatic N) is 3. The van der Waals surface area contributed by atoms with Gasteiger partial charge in [0.25, 0.3) is 5.69 Å². The maximum absolute atomic E-state index is 11.0. The molecule has 0 bridgehead atoms. The molecule has 3 rings (SSSR count). The van der Waals surface area contributed by atoms with Gasteiger partial charge in [-0.2, -0.15) is 5.10 Å². The predicted octanol–water partition coefficient (Wildman–Crippen LogP) is 3.02. The van der Waals surface area contributed by atoms with Gasteiger partial charge in [0.2, 0.25) is 5.91 Å². The Kier molecular flexibility index (Phi) is 4.66. The molecule has 0 atom stereocenters. The highest BCUT2D eigenvalue weighted by Gasteiger charge is 2.17. The van der Waals surface area contributed by atoms with Crippen LogP contribution in [0, 0.1) is 24.0 Å². The third-order valence-corrected chi connectivity index (χ3v) is 4.63. The van der Waals surface area contributed by atoms with Gasteiger partial charge in [0.05, 0.1) is 16.9 Å². The molecule has 0 saturated carbocycles. The van der Waals surface area contributed by atoms with Gasteiger partial charge in [-0.15, -0.1) is 5.10 Å². The number of nitrogens with one attached hydrogen (secondary N) is 1. The maximum Gasteiger partial charge on any atom is 0.272 e. The number of carbonyl (C=O) groups is 1. The fourth-order valence-electron chi connectivity index (χ4n) is 2.36. The summed E-state index contributed by atoms with van der Waals surface area (Å²) < 4.78 is 5.71. The average molecular weight is 358 g/mol. The molecule has 128 valence electrons. The van der Waals surface area contributed by atoms with Crippen LogP contribution in [0.25, 0.3) is 11.3 Å². The topological polar surface area (TPSA) is 110 Å². The Balaban J connectivity index is 1.81. The van der Waals surface area contributed by atoms with Crippen molar-refractivity contribution in [2.45, 2.75) is 13.8 Å². The van der Waals surface area contributed by atoms with E-state index in [1.54, 1.807) is 25.1 Å². The fourth-order valence-corrected chi connectivity index (χ4v) is 2.99. The molecule has 1 amide bonds. The van der Waals surface area contributed by atoms with Gasteiger partial charge in [-0.05, 0) is 37.6 Å². The van der Waals surface area contributed by atoms with Crippen LogP contribution >= 0.6 is 11.8 Å². The maximum atomic E-state index is 11.0. The second-order valence-corrected chi connectivity index (χ2v) is 6.29. The van der Waals surface area contributed by atoms with Crippen molar-refractivity contribution in [2.24, 2.45) is 10.2 Å². The number of furan rings is 1. The van der Waals surface area contributed by atoms with Crippen LogP contribution in [-0.4, -0.2) is 28.0 Å². The van der Waals surface area contributed by atoms with E-state index in [0.29, 0.717) is 28.0 Å². The molecule has 2 heterocycles. The summed E-state index contributed by atoms with van der Waals surface area (Å²) in [4.78, 5) is 21.6. The fraction of sp³-hybridized carbons (Fsp3) is 0.188. The summed E-state index contributed by atoms with van der Waals surface area (Å²) in [6, 6.07) is 6.65. The quantitative estimate of drug-likeness (QED) is 0.513. The summed E-state index contributed by atoms with van der Waals surface area (Å²) in [6.07, 6.45) is 1.44. The van der Waals surface area contributed by atoms with Crippen molar-refractivity contribution in [1.82, 2.24) is 5.32 Å². The molecular formula is C16H14N4O4S. The Labute approximate surface area is 147 Å². The zero-order chi connectivity index (χ0) is 18.0. The lowest BCUT2D eigenvalue weighted by Crippen LogP contribution is -2.19. The third kappa shape index (κ3) is 3.61. The van der Waals surface area contributed by atoms with Crippen LogP contribution < -0.4 is 5.32 Å². The van der Waals surface area contributed by atoms with Gasteiger partial charge in [0.1, 0.15) is 11.5 Å². The molecule has 1 aromatic heterocycles. The number of amidine groups is 1. The van der Waals surface area contributed by atoms with Crippen molar-refractivity contribution in [3.63, 3.8) is 0 Å². The summed E-state index contributed by atoms with van der Waals surface area (Å²) >= 11 is 1.28. The minimum atomic E-state index is -0.398. The first-order valence-corrected chi connectivity index (χ1v) is 8.32. The number of thioether (sulfide) groups is 1. The van der Waals surface area contributed by atoms with Gasteiger partial charge in [-0.25, -0.2) is 0 Å². The Morgan fingerprint density at radius 1 is 1.28 bits per heavy atom. The summed E-state index contributed by atoms with van der Waals surface area (Å²) in [5.74, 6) is 1.33. The molecule has 1 aliphatic rings. The number of hydrogen-bond acceptors (Lipinski definition) is 7. The Hall–Kier alpha value is -2.94. The van der Waals surface area contributed by atoms with E-state index in [1.807, 2.05) is 6.92 Å². The molecule has 1 saturated heterocycles. The highest BCUT2D eigenvalue weighted by atomic mass is 32.2. The molecule has 2 aromatic rings. The molecule has 0 radical (unpaired) electrons. The smallest absolute Gasteiger partial charge is 0.272 e. The second-order valence-electron chi connectivity index (χ2n) is 5.33. The standard InChI is InChI=1S/C16H14N4O4S/c1-9-10(2)13(20(22)23)5-4-12(9)14-6-3-11(24-14)7-17-19-16-18-15(21)8-25-16/h3-7H,8H2,1-2H3,(H,18,19,21)/b17-7+. The monoisotopic (exact) mass is 358 g/mol. The van der Waals surface area contributed by atoms with Gasteiger partial charge in [-0.3, -0.25) is 14.9 Å². The molecule has 9 heteroatoms. The van der Waals surface area contributed by atoms with Gasteiger partial charge in [-0.1, -0.05) is 11.8 Å². The van der Waals surface area contributed by atoms with Crippen LogP contribution in [0.1, 0.15) is 16.9 Å². The Morgan fingerprint density at radius 3 is 2.76 bits per heavy atom. The van der Waals surface area contributed by atoms with Crippen molar-refractivity contribution in [3.8, 4) is 11.3 Å². The van der Waals surface area contributed by atoms with Gasteiger partial charge in [0, 0.05) is 17.2 Å². The molecule has 1 fully saturated rings. The zero-order valence-electron chi connectivity index (χ0n) is 13.5. The predicted molar refractivity (Wildman–Crippen MR) is 95.9 cm³/mol. The number of carbonyl (C=O) groups excluding carboxylic acids is 1. The molecule has 25 heavy (non-hydrogen) atoms. The number of benzene rings is 1. The van der Waals surface area contributed by atoms with Crippen LogP contribution in [0.5, 0.6) is 0 Å². The van der Waals surface area contributed by atoms with E-state index in [9.17, 15) is 14.9 Å². The summed E-state index contributed by atoms with van der Waals surface area (Å²) in [6.45, 7) is 3.53. The molecule has 0 unspecified atom stereocenters. The number of amides is 1. The van der Waals surface area contributed by atoms with E-state index >= 15 is 0 Å². The Bertz CT molecular complexity index is 917. The third-order valence-electron chi connectivity index (χ3n) is 3.77. The van der Waals surface area contributed by atoms with Crippen molar-refractivity contribution in [3.05, 3.63) is 51.3 Å². The first-order chi connectivity index (χ1) is 12.0. The molecular weight excluding hydrogens is 344 g/mol. The summed E-state index contributed by atoms with van der Waals surface area (Å²) in [5, 5.41) is 21.8. The van der Waals surface area contributed by atoms with E-state index in [4.69, 9.17) is 4.42 Å². The second kappa shape index (κ2) is 6.89. The highest BCUT2D eigenvalue weighted by Crippen LogP contribution is 2.31. The van der Waals surface area contributed by atoms with Gasteiger partial charge in [0.15, 0.2) is 5.17 Å². The van der Waals surface area contributed by atoms with E-state index in [2.05, 4.69) is 15.5 Å². The van der Waals surface area contributed by atoms with Crippen molar-refractivity contribution >= 4 is 34.7 Å². The summed E-state index contributed by atoms with van der Waals surface area (Å²) in [5.41, 5.74) is 2.26. The van der Waals surface area contributed by atoms with Crippen molar-refractivity contribution in [2.75, 3.05) is 5.75 Å². The number of rotatable bonds is 4. The molecule has 0 spiro atoms. The average Bonchev–Trinajstić information content (AvgIpc) is 3.19. The summed E-state index contributed by atoms with van der Waals surface area (Å²) in [7, 11) is 0. The SMILES string of the molecule is Cc1c(-c2ccc(/C=N/N=C3/NC(=O)CS3)o2)ccc([N+](=O)[O-])c1C. The van der Waals surface area contributed by atoms with Crippen LogP contribution in [0.15, 0.2) is 38.9 Å². The van der Waals surface area contributed by atoms with Crippen LogP contribution in [0.2, 0.25) is 0 Å². The van der Waals surface area contributed by atoms with Crippen LogP contribution in [-0.2, 0) is 4.79 Å². The zero-order valence-corrected chi connectivity index (χ0v) is 14.3. The minimum absolute atomic E-state index is 0.0847. The van der Waals surface area contributed by atoms with Gasteiger partial charge < -0.3 is 9.73 Å². The van der Waals surface area contributed by atoms with Crippen molar-refractivity contribution in [1.29, 1.82) is 0 Å². The lowest BCUT2D eigenvalue weighted by molar-refractivity contribution is -0.385. The van der Waals surface area contributed by atoms with Gasteiger partial charge >= 0.3 is 0 Å². The molecule has 0 aliphatic carbocycles. The first kappa shape index (κ1) is 16.9. The van der Waals surface area contributed by atoms with Crippen LogP contribution in [0.4, 0.5) is 5.69 Å². The lowest BCUT2D eigenvalue weighted by atomic mass is 10.00. The minimum Gasteiger partial charge on any atom is -0.455 e. The lowest BCUT2D eigenvalue weighted by Gasteiger charge is -2.06. The number of nitro benzene ring substituents is 1. The number of hydrogen-bond donors (Lipinski definition) is 1. The molecule has 1 aliphatic heterocycles. The van der Waals surface area contributed by atoms with E-state index < -0.39 is 4.92 Å². The largest absolute Gasteiger partial charge is 0.455 e. The molecule has 1 N–H and O–H groups in total. The van der Waals surface area contributed by atoms with E-state index in [0.717, 1.165) is 11.1 Å². The van der Waals surface area contributed by atoms with Crippen molar-refractivity contribution < 1.29 is 14.1 Å². The highest BCUT2D eigenvalue weighted by molar-refractivity contribution is 8.15. The molecule has 1 aromatic carbocycles. The molecule has 8 nitrogen and oxygen atoms in total. The van der Waals surface area contributed by atoms with E-state index in [1.165, 1.54) is 24.0 Å². The first-order valence-electron chi connectivity index (χ1n) is 7.34.